The molecule has 1 saturated heterocycles. The fourth-order valence-corrected chi connectivity index (χ4v) is 3.03. The van der Waals surface area contributed by atoms with Gasteiger partial charge in [0, 0.05) is 34.4 Å². The van der Waals surface area contributed by atoms with Gasteiger partial charge in [0.2, 0.25) is 5.91 Å². The second-order valence-corrected chi connectivity index (χ2v) is 7.00. The first-order chi connectivity index (χ1) is 9.49. The van der Waals surface area contributed by atoms with Gasteiger partial charge in [-0.3, -0.25) is 14.3 Å². The van der Waals surface area contributed by atoms with E-state index < -0.39 is 10.8 Å². The molecule has 0 radical (unpaired) electrons. The zero-order valence-electron chi connectivity index (χ0n) is 11.6. The topological polar surface area (TPSA) is 49.4 Å². The number of hydrogen-bond acceptors (Lipinski definition) is 3. The molecule has 0 aromatic heterocycles. The Balaban J connectivity index is 2.10. The maximum absolute atomic E-state index is 12.2. The highest BCUT2D eigenvalue weighted by molar-refractivity contribution is 7.84. The van der Waals surface area contributed by atoms with E-state index in [1.807, 2.05) is 36.1 Å². The summed E-state index contributed by atoms with van der Waals surface area (Å²) < 4.78 is 11.1. The second kappa shape index (κ2) is 6.70. The maximum Gasteiger partial charge on any atom is 0.241 e. The molecule has 1 fully saturated rings. The van der Waals surface area contributed by atoms with Gasteiger partial charge in [-0.05, 0) is 31.0 Å². The van der Waals surface area contributed by atoms with E-state index in [1.54, 1.807) is 6.26 Å². The number of carbonyl (C=O) groups excluding carboxylic acids is 1. The van der Waals surface area contributed by atoms with Crippen LogP contribution in [0.1, 0.15) is 25.1 Å². The predicted molar refractivity (Wildman–Crippen MR) is 82.1 cm³/mol. The molecule has 1 aromatic carbocycles. The summed E-state index contributed by atoms with van der Waals surface area (Å²) in [6.45, 7) is 2.48. The molecule has 1 N–H and O–H groups in total. The summed E-state index contributed by atoms with van der Waals surface area (Å²) in [6.07, 6.45) is 2.30. The lowest BCUT2D eigenvalue weighted by Crippen LogP contribution is -2.32. The monoisotopic (exact) mass is 314 g/mol. The molecule has 1 aliphatic heterocycles. The van der Waals surface area contributed by atoms with Gasteiger partial charge in [-0.25, -0.2) is 0 Å². The van der Waals surface area contributed by atoms with Gasteiger partial charge in [0.05, 0.1) is 6.04 Å². The van der Waals surface area contributed by atoms with Crippen LogP contribution in [0.5, 0.6) is 0 Å². The van der Waals surface area contributed by atoms with E-state index >= 15 is 0 Å². The third-order valence-electron chi connectivity index (χ3n) is 3.39. The van der Waals surface area contributed by atoms with E-state index in [2.05, 4.69) is 5.32 Å². The molecule has 0 aliphatic carbocycles. The third kappa shape index (κ3) is 3.59. The molecule has 3 unspecified atom stereocenters. The summed E-state index contributed by atoms with van der Waals surface area (Å²) >= 11 is 5.90. The maximum atomic E-state index is 12.2. The van der Waals surface area contributed by atoms with Gasteiger partial charge in [0.15, 0.2) is 0 Å². The minimum Gasteiger partial charge on any atom is -0.322 e. The molecular weight excluding hydrogens is 296 g/mol. The average Bonchev–Trinajstić information content (AvgIpc) is 2.67. The Hall–Kier alpha value is -0.910. The van der Waals surface area contributed by atoms with E-state index in [1.165, 1.54) is 0 Å². The van der Waals surface area contributed by atoms with Gasteiger partial charge in [0.1, 0.15) is 6.17 Å². The largest absolute Gasteiger partial charge is 0.322 e. The molecule has 110 valence electrons. The summed E-state index contributed by atoms with van der Waals surface area (Å²) in [5.41, 5.74) is 1.02. The molecule has 6 heteroatoms. The normalized spacial score (nSPS) is 24.1. The molecule has 0 saturated carbocycles. The van der Waals surface area contributed by atoms with Gasteiger partial charge in [-0.2, -0.15) is 0 Å². The van der Waals surface area contributed by atoms with Gasteiger partial charge >= 0.3 is 0 Å². The highest BCUT2D eigenvalue weighted by Gasteiger charge is 2.36. The van der Waals surface area contributed by atoms with Crippen molar-refractivity contribution in [1.82, 2.24) is 10.2 Å². The Morgan fingerprint density at radius 1 is 1.35 bits per heavy atom. The van der Waals surface area contributed by atoms with Crippen LogP contribution in [0.15, 0.2) is 24.3 Å². The highest BCUT2D eigenvalue weighted by Crippen LogP contribution is 2.26. The van der Waals surface area contributed by atoms with Crippen LogP contribution in [-0.4, -0.2) is 39.6 Å². The molecule has 20 heavy (non-hydrogen) atoms. The minimum atomic E-state index is -0.820. The number of carbonyl (C=O) groups is 1. The smallest absolute Gasteiger partial charge is 0.241 e. The lowest BCUT2D eigenvalue weighted by molar-refractivity contribution is -0.129. The van der Waals surface area contributed by atoms with Gasteiger partial charge in [0.25, 0.3) is 0 Å². The van der Waals surface area contributed by atoms with Crippen LogP contribution in [0.25, 0.3) is 0 Å². The van der Waals surface area contributed by atoms with Gasteiger partial charge in [-0.15, -0.1) is 0 Å². The highest BCUT2D eigenvalue weighted by atomic mass is 35.5. The van der Waals surface area contributed by atoms with Crippen LogP contribution in [-0.2, 0) is 15.6 Å². The molecule has 3 atom stereocenters. The molecule has 1 aromatic rings. The first kappa shape index (κ1) is 15.5. The number of benzene rings is 1. The van der Waals surface area contributed by atoms with Crippen LogP contribution in [0.2, 0.25) is 5.02 Å². The molecule has 1 heterocycles. The lowest BCUT2D eigenvalue weighted by atomic mass is 10.1. The molecule has 1 amide bonds. The van der Waals surface area contributed by atoms with Crippen molar-refractivity contribution >= 4 is 28.3 Å². The van der Waals surface area contributed by atoms with Crippen molar-refractivity contribution in [3.63, 3.8) is 0 Å². The third-order valence-corrected chi connectivity index (χ3v) is 4.51. The number of rotatable bonds is 5. The van der Waals surface area contributed by atoms with Crippen molar-refractivity contribution in [1.29, 1.82) is 0 Å². The van der Waals surface area contributed by atoms with Crippen molar-refractivity contribution < 1.29 is 9.00 Å². The quantitative estimate of drug-likeness (QED) is 0.903. The van der Waals surface area contributed by atoms with Crippen molar-refractivity contribution in [2.75, 3.05) is 18.6 Å². The second-order valence-electron chi connectivity index (χ2n) is 5.00. The Morgan fingerprint density at radius 2 is 2.00 bits per heavy atom. The first-order valence-corrected chi connectivity index (χ1v) is 8.71. The predicted octanol–water partition coefficient (Wildman–Crippen LogP) is 1.93. The molecule has 4 nitrogen and oxygen atoms in total. The van der Waals surface area contributed by atoms with E-state index in [-0.39, 0.29) is 18.1 Å². The summed E-state index contributed by atoms with van der Waals surface area (Å²) in [4.78, 5) is 14.0. The standard InChI is InChI=1S/C14H19ClN2O2S/c1-10-14(18)17(8-3-9-20(2)19)13(16-10)11-4-6-12(15)7-5-11/h4-7,10,13,16H,3,8-9H2,1-2H3. The molecular formula is C14H19ClN2O2S. The average molecular weight is 315 g/mol. The van der Waals surface area contributed by atoms with Crippen molar-refractivity contribution in [3.8, 4) is 0 Å². The fourth-order valence-electron chi connectivity index (χ4n) is 2.37. The summed E-state index contributed by atoms with van der Waals surface area (Å²) in [7, 11) is -0.820. The summed E-state index contributed by atoms with van der Waals surface area (Å²) in [6, 6.07) is 7.31. The Kier molecular flexibility index (Phi) is 5.18. The Labute approximate surface area is 126 Å². The van der Waals surface area contributed by atoms with E-state index in [9.17, 15) is 9.00 Å². The van der Waals surface area contributed by atoms with E-state index in [4.69, 9.17) is 11.6 Å². The number of halogens is 1. The van der Waals surface area contributed by atoms with Crippen molar-refractivity contribution in [2.24, 2.45) is 0 Å². The number of nitrogens with zero attached hydrogens (tertiary/aromatic N) is 1. The molecule has 1 aliphatic rings. The number of nitrogens with one attached hydrogen (secondary N) is 1. The van der Waals surface area contributed by atoms with Crippen molar-refractivity contribution in [2.45, 2.75) is 25.6 Å². The van der Waals surface area contributed by atoms with Crippen LogP contribution < -0.4 is 5.32 Å². The van der Waals surface area contributed by atoms with Crippen LogP contribution in [0.4, 0.5) is 0 Å². The van der Waals surface area contributed by atoms with E-state index in [0.717, 1.165) is 12.0 Å². The zero-order chi connectivity index (χ0) is 14.7. The lowest BCUT2D eigenvalue weighted by Gasteiger charge is -2.24. The van der Waals surface area contributed by atoms with Crippen LogP contribution in [0, 0.1) is 0 Å². The summed E-state index contributed by atoms with van der Waals surface area (Å²) in [5, 5.41) is 3.96. The SMILES string of the molecule is CC1NC(c2ccc(Cl)cc2)N(CCCS(C)=O)C1=O. The zero-order valence-corrected chi connectivity index (χ0v) is 13.2. The molecule has 2 rings (SSSR count). The van der Waals surface area contributed by atoms with Gasteiger partial charge in [-0.1, -0.05) is 23.7 Å². The summed E-state index contributed by atoms with van der Waals surface area (Å²) in [5.74, 6) is 0.706. The minimum absolute atomic E-state index is 0.0897. The molecule has 0 bridgehead atoms. The van der Waals surface area contributed by atoms with Crippen molar-refractivity contribution in [3.05, 3.63) is 34.9 Å². The first-order valence-electron chi connectivity index (χ1n) is 6.61. The fraction of sp³-hybridized carbons (Fsp3) is 0.500. The Morgan fingerprint density at radius 3 is 2.60 bits per heavy atom. The molecule has 0 spiro atoms. The van der Waals surface area contributed by atoms with Gasteiger partial charge < -0.3 is 4.90 Å². The number of hydrogen-bond donors (Lipinski definition) is 1. The number of amides is 1. The van der Waals surface area contributed by atoms with Crippen LogP contribution >= 0.6 is 11.6 Å². The van der Waals surface area contributed by atoms with Crippen LogP contribution in [0.3, 0.4) is 0 Å². The Bertz CT molecular complexity index is 506. The van der Waals surface area contributed by atoms with E-state index in [0.29, 0.717) is 17.3 Å².